The summed E-state index contributed by atoms with van der Waals surface area (Å²) in [5.74, 6) is -0.170. The average molecular weight is 415 g/mol. The third-order valence-corrected chi connectivity index (χ3v) is 5.30. The molecule has 0 aromatic heterocycles. The zero-order valence-electron chi connectivity index (χ0n) is 15.7. The van der Waals surface area contributed by atoms with Gasteiger partial charge >= 0.3 is 6.03 Å². The number of urea groups is 1. The van der Waals surface area contributed by atoms with Crippen LogP contribution in [0.25, 0.3) is 0 Å². The van der Waals surface area contributed by atoms with Crippen LogP contribution >= 0.6 is 12.4 Å². The standard InChI is InChI=1S/C19H27FN4O3.ClH/c20-14-1-3-15(4-2-14)22-19(26)23-16-5-9-24(10-6-16)18(25)17(21)13-7-11-27-12-8-13;/h1-4,13,16-17H,5-12,21H2,(H2,22,23,26);1H. The van der Waals surface area contributed by atoms with Crippen molar-refractivity contribution < 1.29 is 18.7 Å². The molecular formula is C19H28ClFN4O3. The number of nitrogens with two attached hydrogens (primary N) is 1. The molecule has 156 valence electrons. The van der Waals surface area contributed by atoms with Crippen LogP contribution in [0, 0.1) is 11.7 Å². The number of carbonyl (C=O) groups is 2. The maximum Gasteiger partial charge on any atom is 0.319 e. The Hall–Kier alpha value is -1.90. The number of piperidine rings is 1. The van der Waals surface area contributed by atoms with E-state index in [9.17, 15) is 14.0 Å². The van der Waals surface area contributed by atoms with E-state index in [4.69, 9.17) is 10.5 Å². The molecule has 28 heavy (non-hydrogen) atoms. The first-order valence-corrected chi connectivity index (χ1v) is 9.48. The molecule has 3 rings (SSSR count). The highest BCUT2D eigenvalue weighted by Gasteiger charge is 2.32. The third kappa shape index (κ3) is 6.05. The number of hydrogen-bond donors (Lipinski definition) is 3. The molecule has 0 aliphatic carbocycles. The Morgan fingerprint density at radius 1 is 1.11 bits per heavy atom. The summed E-state index contributed by atoms with van der Waals surface area (Å²) >= 11 is 0. The second kappa shape index (κ2) is 10.6. The van der Waals surface area contributed by atoms with E-state index in [0.29, 0.717) is 44.8 Å². The van der Waals surface area contributed by atoms with Crippen molar-refractivity contribution in [3.63, 3.8) is 0 Å². The molecule has 0 bridgehead atoms. The molecule has 0 saturated carbocycles. The van der Waals surface area contributed by atoms with Crippen LogP contribution in [-0.4, -0.2) is 55.2 Å². The summed E-state index contributed by atoms with van der Waals surface area (Å²) in [6.07, 6.45) is 3.02. The van der Waals surface area contributed by atoms with Crippen LogP contribution in [0.5, 0.6) is 0 Å². The topological polar surface area (TPSA) is 96.7 Å². The van der Waals surface area contributed by atoms with Crippen LogP contribution < -0.4 is 16.4 Å². The van der Waals surface area contributed by atoms with Gasteiger partial charge in [0.15, 0.2) is 0 Å². The lowest BCUT2D eigenvalue weighted by Crippen LogP contribution is -2.53. The first-order valence-electron chi connectivity index (χ1n) is 9.48. The van der Waals surface area contributed by atoms with Gasteiger partial charge < -0.3 is 26.0 Å². The van der Waals surface area contributed by atoms with Crippen molar-refractivity contribution in [3.05, 3.63) is 30.1 Å². The van der Waals surface area contributed by atoms with Crippen LogP contribution in [-0.2, 0) is 9.53 Å². The maximum absolute atomic E-state index is 12.9. The molecule has 1 aromatic rings. The van der Waals surface area contributed by atoms with Crippen molar-refractivity contribution in [2.45, 2.75) is 37.8 Å². The van der Waals surface area contributed by atoms with Crippen LogP contribution in [0.15, 0.2) is 24.3 Å². The zero-order chi connectivity index (χ0) is 19.2. The fraction of sp³-hybridized carbons (Fsp3) is 0.579. The largest absolute Gasteiger partial charge is 0.381 e. The van der Waals surface area contributed by atoms with E-state index in [1.165, 1.54) is 24.3 Å². The molecule has 1 atom stereocenters. The first-order chi connectivity index (χ1) is 13.0. The third-order valence-electron chi connectivity index (χ3n) is 5.30. The minimum Gasteiger partial charge on any atom is -0.381 e. The molecule has 4 N–H and O–H groups in total. The molecule has 1 unspecified atom stereocenters. The van der Waals surface area contributed by atoms with Gasteiger partial charge in [0.2, 0.25) is 5.91 Å². The van der Waals surface area contributed by atoms with E-state index in [0.717, 1.165) is 12.8 Å². The van der Waals surface area contributed by atoms with Crippen LogP contribution in [0.2, 0.25) is 0 Å². The lowest BCUT2D eigenvalue weighted by molar-refractivity contribution is -0.135. The van der Waals surface area contributed by atoms with Crippen molar-refractivity contribution in [3.8, 4) is 0 Å². The molecule has 0 radical (unpaired) electrons. The van der Waals surface area contributed by atoms with Gasteiger partial charge in [-0.15, -0.1) is 12.4 Å². The van der Waals surface area contributed by atoms with Gasteiger partial charge in [0, 0.05) is 38.0 Å². The van der Waals surface area contributed by atoms with Gasteiger partial charge in [-0.2, -0.15) is 0 Å². The second-order valence-electron chi connectivity index (χ2n) is 7.18. The van der Waals surface area contributed by atoms with Crippen molar-refractivity contribution >= 4 is 30.0 Å². The summed E-state index contributed by atoms with van der Waals surface area (Å²) in [7, 11) is 0. The summed E-state index contributed by atoms with van der Waals surface area (Å²) in [5, 5.41) is 5.59. The molecule has 0 spiro atoms. The highest BCUT2D eigenvalue weighted by molar-refractivity contribution is 5.89. The number of carbonyl (C=O) groups excluding carboxylic acids is 2. The van der Waals surface area contributed by atoms with Gasteiger partial charge in [0.25, 0.3) is 0 Å². The van der Waals surface area contributed by atoms with Gasteiger partial charge in [0.05, 0.1) is 6.04 Å². The minimum absolute atomic E-state index is 0. The summed E-state index contributed by atoms with van der Waals surface area (Å²) in [6.45, 7) is 2.50. The Kier molecular flexibility index (Phi) is 8.47. The summed E-state index contributed by atoms with van der Waals surface area (Å²) < 4.78 is 18.2. The van der Waals surface area contributed by atoms with Gasteiger partial charge in [-0.05, 0) is 55.9 Å². The van der Waals surface area contributed by atoms with Crippen molar-refractivity contribution in [1.29, 1.82) is 0 Å². The quantitative estimate of drug-likeness (QED) is 0.703. The van der Waals surface area contributed by atoms with E-state index in [-0.39, 0.29) is 42.1 Å². The number of rotatable bonds is 4. The number of likely N-dealkylation sites (tertiary alicyclic amines) is 1. The van der Waals surface area contributed by atoms with E-state index >= 15 is 0 Å². The molecule has 2 heterocycles. The van der Waals surface area contributed by atoms with Gasteiger partial charge in [-0.1, -0.05) is 0 Å². The van der Waals surface area contributed by atoms with Crippen molar-refractivity contribution in [2.75, 3.05) is 31.6 Å². The monoisotopic (exact) mass is 414 g/mol. The molecule has 2 saturated heterocycles. The molecular weight excluding hydrogens is 387 g/mol. The highest BCUT2D eigenvalue weighted by Crippen LogP contribution is 2.20. The highest BCUT2D eigenvalue weighted by atomic mass is 35.5. The molecule has 2 fully saturated rings. The molecule has 1 aromatic carbocycles. The number of anilines is 1. The normalized spacial score (nSPS) is 19.4. The van der Waals surface area contributed by atoms with Gasteiger partial charge in [0.1, 0.15) is 5.82 Å². The number of amides is 3. The average Bonchev–Trinajstić information content (AvgIpc) is 2.70. The zero-order valence-corrected chi connectivity index (χ0v) is 16.6. The maximum atomic E-state index is 12.9. The van der Waals surface area contributed by atoms with Crippen LogP contribution in [0.4, 0.5) is 14.9 Å². The Morgan fingerprint density at radius 2 is 1.71 bits per heavy atom. The number of ether oxygens (including phenoxy) is 1. The Labute approximate surface area is 170 Å². The molecule has 7 nitrogen and oxygen atoms in total. The Morgan fingerprint density at radius 3 is 2.32 bits per heavy atom. The SMILES string of the molecule is Cl.NC(C(=O)N1CCC(NC(=O)Nc2ccc(F)cc2)CC1)C1CCOCC1. The minimum atomic E-state index is -0.472. The van der Waals surface area contributed by atoms with Crippen LogP contribution in [0.1, 0.15) is 25.7 Å². The summed E-state index contributed by atoms with van der Waals surface area (Å²) in [6, 6.07) is 4.80. The van der Waals surface area contributed by atoms with E-state index in [1.807, 2.05) is 0 Å². The number of nitrogens with one attached hydrogen (secondary N) is 2. The lowest BCUT2D eigenvalue weighted by atomic mass is 9.91. The van der Waals surface area contributed by atoms with Crippen LogP contribution in [0.3, 0.4) is 0 Å². The first kappa shape index (κ1) is 22.4. The smallest absolute Gasteiger partial charge is 0.319 e. The fourth-order valence-corrected chi connectivity index (χ4v) is 3.62. The van der Waals surface area contributed by atoms with Crippen molar-refractivity contribution in [1.82, 2.24) is 10.2 Å². The lowest BCUT2D eigenvalue weighted by Gasteiger charge is -2.36. The molecule has 9 heteroatoms. The number of nitrogens with zero attached hydrogens (tertiary/aromatic N) is 1. The van der Waals surface area contributed by atoms with Crippen molar-refractivity contribution in [2.24, 2.45) is 11.7 Å². The van der Waals surface area contributed by atoms with Gasteiger partial charge in [-0.3, -0.25) is 4.79 Å². The molecule has 2 aliphatic heterocycles. The van der Waals surface area contributed by atoms with Gasteiger partial charge in [-0.25, -0.2) is 9.18 Å². The predicted molar refractivity (Wildman–Crippen MR) is 107 cm³/mol. The predicted octanol–water partition coefficient (Wildman–Crippen LogP) is 2.11. The van der Waals surface area contributed by atoms with E-state index in [2.05, 4.69) is 10.6 Å². The summed E-state index contributed by atoms with van der Waals surface area (Å²) in [4.78, 5) is 26.5. The summed E-state index contributed by atoms with van der Waals surface area (Å²) in [5.41, 5.74) is 6.71. The fourth-order valence-electron chi connectivity index (χ4n) is 3.62. The Bertz CT molecular complexity index is 647. The number of benzene rings is 1. The number of halogens is 2. The Balaban J connectivity index is 0.00000280. The van der Waals surface area contributed by atoms with E-state index in [1.54, 1.807) is 4.90 Å². The number of hydrogen-bond acceptors (Lipinski definition) is 4. The van der Waals surface area contributed by atoms with E-state index < -0.39 is 6.04 Å². The molecule has 3 amide bonds. The molecule has 2 aliphatic rings. The second-order valence-corrected chi connectivity index (χ2v) is 7.18.